The number of anilines is 1. The second-order valence-corrected chi connectivity index (χ2v) is 7.92. The normalized spacial score (nSPS) is 11.8. The second-order valence-electron chi connectivity index (χ2n) is 7.00. The minimum Gasteiger partial charge on any atom is -0.483 e. The first kappa shape index (κ1) is 22.0. The monoisotopic (exact) mass is 446 g/mol. The van der Waals surface area contributed by atoms with Gasteiger partial charge < -0.3 is 15.4 Å². The van der Waals surface area contributed by atoms with Crippen LogP contribution >= 0.6 is 15.9 Å². The van der Waals surface area contributed by atoms with Crippen LogP contribution in [0.2, 0.25) is 0 Å². The summed E-state index contributed by atoms with van der Waals surface area (Å²) < 4.78 is 6.70. The number of nitrogens with one attached hydrogen (secondary N) is 2. The molecular formula is C22H27BrN2O3. The van der Waals surface area contributed by atoms with Gasteiger partial charge in [-0.1, -0.05) is 48.8 Å². The number of hydrogen-bond donors (Lipinski definition) is 2. The van der Waals surface area contributed by atoms with Crippen LogP contribution in [0.25, 0.3) is 0 Å². The molecule has 0 aliphatic heterocycles. The van der Waals surface area contributed by atoms with Gasteiger partial charge in [0.05, 0.1) is 11.3 Å². The van der Waals surface area contributed by atoms with E-state index in [-0.39, 0.29) is 30.4 Å². The number of halogens is 1. The number of hydrogen-bond acceptors (Lipinski definition) is 3. The van der Waals surface area contributed by atoms with Gasteiger partial charge in [-0.05, 0) is 55.2 Å². The van der Waals surface area contributed by atoms with Gasteiger partial charge in [-0.2, -0.15) is 0 Å². The molecule has 2 amide bonds. The van der Waals surface area contributed by atoms with Crippen molar-refractivity contribution in [3.05, 3.63) is 58.1 Å². The van der Waals surface area contributed by atoms with Crippen LogP contribution in [0.3, 0.4) is 0 Å². The summed E-state index contributed by atoms with van der Waals surface area (Å²) in [5.41, 5.74) is 1.93. The van der Waals surface area contributed by atoms with E-state index in [1.165, 1.54) is 0 Å². The summed E-state index contributed by atoms with van der Waals surface area (Å²) in [6, 6.07) is 12.7. The molecule has 0 heterocycles. The third-order valence-electron chi connectivity index (χ3n) is 4.39. The highest BCUT2D eigenvalue weighted by atomic mass is 79.9. The molecule has 2 N–H and O–H groups in total. The lowest BCUT2D eigenvalue weighted by Crippen LogP contribution is -2.33. The summed E-state index contributed by atoms with van der Waals surface area (Å²) in [5, 5.41) is 5.70. The Morgan fingerprint density at radius 3 is 2.50 bits per heavy atom. The third-order valence-corrected chi connectivity index (χ3v) is 4.88. The summed E-state index contributed by atoms with van der Waals surface area (Å²) in [4.78, 5) is 24.9. The lowest BCUT2D eigenvalue weighted by atomic mass is 10.0. The van der Waals surface area contributed by atoms with Crippen molar-refractivity contribution in [1.82, 2.24) is 5.32 Å². The van der Waals surface area contributed by atoms with E-state index in [9.17, 15) is 9.59 Å². The van der Waals surface area contributed by atoms with Crippen LogP contribution in [0, 0.1) is 0 Å². The predicted octanol–water partition coefficient (Wildman–Crippen LogP) is 5.12. The average molecular weight is 447 g/mol. The molecule has 5 nitrogen and oxygen atoms in total. The van der Waals surface area contributed by atoms with Crippen LogP contribution in [-0.4, -0.2) is 24.5 Å². The van der Waals surface area contributed by atoms with Crippen molar-refractivity contribution < 1.29 is 14.3 Å². The maximum absolute atomic E-state index is 12.4. The molecule has 0 saturated carbocycles. The van der Waals surface area contributed by atoms with E-state index in [4.69, 9.17) is 4.74 Å². The summed E-state index contributed by atoms with van der Waals surface area (Å²) in [6.07, 6.45) is 0.833. The summed E-state index contributed by atoms with van der Waals surface area (Å²) >= 11 is 3.46. The maximum Gasteiger partial charge on any atom is 0.262 e. The standard InChI is InChI=1S/C22H27BrN2O3/c1-5-15(4)24-22(27)17-8-6-7-9-19(17)25-21(26)13-28-20-11-10-16(23)12-18(20)14(2)3/h6-12,14-15H,5,13H2,1-4H3,(H,24,27)(H,25,26). The predicted molar refractivity (Wildman–Crippen MR) is 116 cm³/mol. The van der Waals surface area contributed by atoms with Crippen LogP contribution in [0.5, 0.6) is 5.75 Å². The van der Waals surface area contributed by atoms with Gasteiger partial charge in [0, 0.05) is 10.5 Å². The Morgan fingerprint density at radius 1 is 1.11 bits per heavy atom. The van der Waals surface area contributed by atoms with Gasteiger partial charge >= 0.3 is 0 Å². The molecule has 0 aliphatic carbocycles. The first-order chi connectivity index (χ1) is 13.3. The van der Waals surface area contributed by atoms with Crippen LogP contribution < -0.4 is 15.4 Å². The van der Waals surface area contributed by atoms with Gasteiger partial charge in [0.2, 0.25) is 0 Å². The number of carbonyl (C=O) groups is 2. The van der Waals surface area contributed by atoms with E-state index < -0.39 is 0 Å². The number of ether oxygens (including phenoxy) is 1. The molecule has 0 spiro atoms. The van der Waals surface area contributed by atoms with Gasteiger partial charge in [-0.15, -0.1) is 0 Å². The largest absolute Gasteiger partial charge is 0.483 e. The number of carbonyl (C=O) groups excluding carboxylic acids is 2. The van der Waals surface area contributed by atoms with E-state index in [1.54, 1.807) is 24.3 Å². The fourth-order valence-corrected chi connectivity index (χ4v) is 3.00. The molecule has 2 aromatic carbocycles. The van der Waals surface area contributed by atoms with Crippen molar-refractivity contribution in [3.8, 4) is 5.75 Å². The summed E-state index contributed by atoms with van der Waals surface area (Å²) in [6.45, 7) is 7.95. The third kappa shape index (κ3) is 6.09. The molecule has 1 unspecified atom stereocenters. The SMILES string of the molecule is CCC(C)NC(=O)c1ccccc1NC(=O)COc1ccc(Br)cc1C(C)C. The molecule has 0 bridgehead atoms. The Hall–Kier alpha value is -2.34. The Morgan fingerprint density at radius 2 is 1.82 bits per heavy atom. The lowest BCUT2D eigenvalue weighted by Gasteiger charge is -2.16. The molecule has 6 heteroatoms. The minimum absolute atomic E-state index is 0.0615. The van der Waals surface area contributed by atoms with E-state index >= 15 is 0 Å². The molecule has 150 valence electrons. The Kier molecular flexibility index (Phi) is 8.05. The van der Waals surface area contributed by atoms with Crippen molar-refractivity contribution in [2.75, 3.05) is 11.9 Å². The molecule has 0 saturated heterocycles. The number of rotatable bonds is 8. The van der Waals surface area contributed by atoms with Crippen LogP contribution in [0.1, 0.15) is 56.0 Å². The highest BCUT2D eigenvalue weighted by Gasteiger charge is 2.15. The maximum atomic E-state index is 12.4. The minimum atomic E-state index is -0.318. The van der Waals surface area contributed by atoms with Crippen molar-refractivity contribution in [2.24, 2.45) is 0 Å². The molecule has 0 radical (unpaired) electrons. The Labute approximate surface area is 175 Å². The second kappa shape index (κ2) is 10.3. The van der Waals surface area contributed by atoms with Gasteiger partial charge in [0.25, 0.3) is 11.8 Å². The van der Waals surface area contributed by atoms with Crippen LogP contribution in [0.15, 0.2) is 46.9 Å². The topological polar surface area (TPSA) is 67.4 Å². The molecule has 0 aliphatic rings. The van der Waals surface area contributed by atoms with E-state index in [0.717, 1.165) is 16.5 Å². The van der Waals surface area contributed by atoms with E-state index in [2.05, 4.69) is 40.4 Å². The zero-order valence-electron chi connectivity index (χ0n) is 16.7. The highest BCUT2D eigenvalue weighted by Crippen LogP contribution is 2.29. The van der Waals surface area contributed by atoms with E-state index in [0.29, 0.717) is 17.0 Å². The highest BCUT2D eigenvalue weighted by molar-refractivity contribution is 9.10. The molecule has 0 fully saturated rings. The van der Waals surface area contributed by atoms with Gasteiger partial charge in [0.1, 0.15) is 5.75 Å². The van der Waals surface area contributed by atoms with Crippen molar-refractivity contribution in [3.63, 3.8) is 0 Å². The number of amides is 2. The zero-order valence-corrected chi connectivity index (χ0v) is 18.3. The fourth-order valence-electron chi connectivity index (χ4n) is 2.63. The average Bonchev–Trinajstić information content (AvgIpc) is 2.67. The number of benzene rings is 2. The quantitative estimate of drug-likeness (QED) is 0.591. The van der Waals surface area contributed by atoms with Crippen molar-refractivity contribution in [1.29, 1.82) is 0 Å². The first-order valence-electron chi connectivity index (χ1n) is 9.43. The molecular weight excluding hydrogens is 420 g/mol. The van der Waals surface area contributed by atoms with E-state index in [1.807, 2.05) is 32.0 Å². The molecule has 2 rings (SSSR count). The summed E-state index contributed by atoms with van der Waals surface area (Å²) in [7, 11) is 0. The van der Waals surface area contributed by atoms with Gasteiger partial charge in [-0.25, -0.2) is 0 Å². The van der Waals surface area contributed by atoms with Crippen LogP contribution in [0.4, 0.5) is 5.69 Å². The first-order valence-corrected chi connectivity index (χ1v) is 10.2. The van der Waals surface area contributed by atoms with Crippen LogP contribution in [-0.2, 0) is 4.79 Å². The van der Waals surface area contributed by atoms with Crippen molar-refractivity contribution in [2.45, 2.75) is 46.1 Å². The Bertz CT molecular complexity index is 836. The fraction of sp³-hybridized carbons (Fsp3) is 0.364. The molecule has 0 aromatic heterocycles. The smallest absolute Gasteiger partial charge is 0.262 e. The zero-order chi connectivity index (χ0) is 20.7. The molecule has 2 aromatic rings. The lowest BCUT2D eigenvalue weighted by molar-refractivity contribution is -0.118. The Balaban J connectivity index is 2.06. The van der Waals surface area contributed by atoms with Gasteiger partial charge in [-0.3, -0.25) is 9.59 Å². The molecule has 1 atom stereocenters. The number of para-hydroxylation sites is 1. The molecule has 28 heavy (non-hydrogen) atoms. The van der Waals surface area contributed by atoms with Crippen molar-refractivity contribution >= 4 is 33.4 Å². The van der Waals surface area contributed by atoms with Gasteiger partial charge in [0.15, 0.2) is 6.61 Å². The summed E-state index contributed by atoms with van der Waals surface area (Å²) in [5.74, 6) is 0.416.